The highest BCUT2D eigenvalue weighted by molar-refractivity contribution is 5.96. The molecule has 1 heterocycles. The highest BCUT2D eigenvalue weighted by Gasteiger charge is 2.19. The van der Waals surface area contributed by atoms with E-state index in [-0.39, 0.29) is 28.2 Å². The summed E-state index contributed by atoms with van der Waals surface area (Å²) in [5.41, 5.74) is 3.31. The Morgan fingerprint density at radius 3 is 2.16 bits per heavy atom. The minimum atomic E-state index is -3.12. The molecule has 232 valence electrons. The van der Waals surface area contributed by atoms with Crippen LogP contribution in [0.4, 0.5) is 8.78 Å². The van der Waals surface area contributed by atoms with E-state index >= 15 is 0 Å². The summed E-state index contributed by atoms with van der Waals surface area (Å²) in [6.45, 7) is 5.70. The first-order valence-electron chi connectivity index (χ1n) is 14.5. The molecule has 8 nitrogen and oxygen atoms in total. The summed E-state index contributed by atoms with van der Waals surface area (Å²) in [4.78, 5) is 37.1. The maximum Gasteiger partial charge on any atom is 0.387 e. The molecule has 0 spiro atoms. The molecule has 1 N–H and O–H groups in total. The van der Waals surface area contributed by atoms with Gasteiger partial charge in [0.05, 0.1) is 6.54 Å². The van der Waals surface area contributed by atoms with E-state index < -0.39 is 12.6 Å². The summed E-state index contributed by atoms with van der Waals surface area (Å²) in [6.07, 6.45) is 2.55. The van der Waals surface area contributed by atoms with Crippen LogP contribution in [0, 0.1) is 5.41 Å². The van der Waals surface area contributed by atoms with Crippen molar-refractivity contribution >= 4 is 11.8 Å². The molecule has 0 fully saturated rings. The molecule has 0 atom stereocenters. The minimum Gasteiger partial charge on any atom is -0.478 e. The van der Waals surface area contributed by atoms with E-state index in [1.165, 1.54) is 16.8 Å². The molecule has 4 aromatic rings. The summed E-state index contributed by atoms with van der Waals surface area (Å²) < 4.78 is 32.7. The standard InChI is InChI=1S/C34H37F2N3O5/c1-5-38-30(37-39(33(38)43)21-23-11-15-25(16-12-23)28(40)20-34(2,3)4)8-6-7-22-9-13-24(14-10-22)26-17-18-29(44-32(35)36)27(19-26)31(41)42/h9-19,32H,5-8,20-21H2,1-4H3,(H,41,42). The third kappa shape index (κ3) is 8.27. The zero-order chi connectivity index (χ0) is 32.0. The molecule has 44 heavy (non-hydrogen) atoms. The van der Waals surface area contributed by atoms with Crippen LogP contribution in [0.1, 0.15) is 78.2 Å². The summed E-state index contributed by atoms with van der Waals surface area (Å²) in [5.74, 6) is -0.939. The van der Waals surface area contributed by atoms with Gasteiger partial charge in [0, 0.05) is 24.9 Å². The monoisotopic (exact) mass is 605 g/mol. The van der Waals surface area contributed by atoms with E-state index in [9.17, 15) is 28.3 Å². The number of nitrogens with zero attached hydrogens (tertiary/aromatic N) is 3. The van der Waals surface area contributed by atoms with Gasteiger partial charge >= 0.3 is 18.3 Å². The Kier molecular flexibility index (Phi) is 10.1. The van der Waals surface area contributed by atoms with Gasteiger partial charge in [-0.2, -0.15) is 13.9 Å². The van der Waals surface area contributed by atoms with Gasteiger partial charge < -0.3 is 9.84 Å². The van der Waals surface area contributed by atoms with Crippen molar-refractivity contribution < 1.29 is 28.2 Å². The van der Waals surface area contributed by atoms with Crippen molar-refractivity contribution in [1.29, 1.82) is 0 Å². The number of hydrogen-bond acceptors (Lipinski definition) is 5. The fourth-order valence-corrected chi connectivity index (χ4v) is 5.03. The first-order chi connectivity index (χ1) is 20.8. The number of aromatic nitrogens is 3. The predicted molar refractivity (Wildman–Crippen MR) is 164 cm³/mol. The van der Waals surface area contributed by atoms with Crippen molar-refractivity contribution in [3.05, 3.63) is 105 Å². The second-order valence-electron chi connectivity index (χ2n) is 11.9. The average molecular weight is 606 g/mol. The first kappa shape index (κ1) is 32.3. The molecule has 0 saturated carbocycles. The lowest BCUT2D eigenvalue weighted by Crippen LogP contribution is -2.25. The molecular formula is C34H37F2N3O5. The van der Waals surface area contributed by atoms with E-state index in [0.717, 1.165) is 29.5 Å². The normalized spacial score (nSPS) is 11.6. The molecule has 0 aliphatic carbocycles. The maximum absolute atomic E-state index is 13.0. The molecule has 0 unspecified atom stereocenters. The number of Topliss-reactive ketones (excluding diaryl/α,β-unsaturated/α-hetero) is 1. The Bertz CT molecular complexity index is 1670. The van der Waals surface area contributed by atoms with Gasteiger partial charge in [-0.15, -0.1) is 0 Å². The molecule has 3 aromatic carbocycles. The molecule has 0 saturated heterocycles. The predicted octanol–water partition coefficient (Wildman–Crippen LogP) is 6.87. The van der Waals surface area contributed by atoms with Crippen LogP contribution < -0.4 is 10.4 Å². The molecule has 10 heteroatoms. The zero-order valence-corrected chi connectivity index (χ0v) is 25.3. The highest BCUT2D eigenvalue weighted by atomic mass is 19.3. The number of halogens is 2. The van der Waals surface area contributed by atoms with Gasteiger partial charge in [0.2, 0.25) is 0 Å². The zero-order valence-electron chi connectivity index (χ0n) is 25.3. The Morgan fingerprint density at radius 1 is 0.932 bits per heavy atom. The quantitative estimate of drug-likeness (QED) is 0.167. The fraction of sp³-hybridized carbons (Fsp3) is 0.353. The van der Waals surface area contributed by atoms with Crippen LogP contribution in [-0.2, 0) is 25.9 Å². The number of ketones is 1. The number of carboxylic acids is 1. The van der Waals surface area contributed by atoms with Crippen LogP contribution in [0.15, 0.2) is 71.5 Å². The SMILES string of the molecule is CCn1c(CCCc2ccc(-c3ccc(OC(F)F)c(C(=O)O)c3)cc2)nn(Cc2ccc(C(=O)CC(C)(C)C)cc2)c1=O. The number of aromatic carboxylic acids is 1. The second kappa shape index (κ2) is 13.8. The van der Waals surface area contributed by atoms with E-state index in [1.54, 1.807) is 22.8 Å². The molecule has 0 amide bonds. The first-order valence-corrected chi connectivity index (χ1v) is 14.5. The van der Waals surface area contributed by atoms with Crippen LogP contribution >= 0.6 is 0 Å². The van der Waals surface area contributed by atoms with Gasteiger partial charge in [-0.05, 0) is 59.6 Å². The summed E-state index contributed by atoms with van der Waals surface area (Å²) in [6, 6.07) is 19.0. The van der Waals surface area contributed by atoms with Crippen LogP contribution in [0.25, 0.3) is 11.1 Å². The lowest BCUT2D eigenvalue weighted by atomic mass is 9.88. The summed E-state index contributed by atoms with van der Waals surface area (Å²) in [5, 5.41) is 14.0. The number of rotatable bonds is 13. The third-order valence-corrected chi connectivity index (χ3v) is 7.19. The Hall–Kier alpha value is -4.60. The van der Waals surface area contributed by atoms with Gasteiger partial charge in [0.25, 0.3) is 0 Å². The van der Waals surface area contributed by atoms with E-state index in [1.807, 2.05) is 64.1 Å². The lowest BCUT2D eigenvalue weighted by molar-refractivity contribution is -0.0503. The molecule has 1 aromatic heterocycles. The Balaban J connectivity index is 1.38. The minimum absolute atomic E-state index is 0.0888. The average Bonchev–Trinajstić information content (AvgIpc) is 3.26. The number of alkyl halides is 2. The van der Waals surface area contributed by atoms with Crippen molar-refractivity contribution in [2.75, 3.05) is 0 Å². The number of benzene rings is 3. The number of aryl methyl sites for hydroxylation is 2. The second-order valence-corrected chi connectivity index (χ2v) is 11.9. The summed E-state index contributed by atoms with van der Waals surface area (Å²) >= 11 is 0. The van der Waals surface area contributed by atoms with Crippen molar-refractivity contribution in [3.8, 4) is 16.9 Å². The smallest absolute Gasteiger partial charge is 0.387 e. The Labute approximate surface area is 254 Å². The Morgan fingerprint density at radius 2 is 1.57 bits per heavy atom. The largest absolute Gasteiger partial charge is 0.478 e. The molecule has 4 rings (SSSR count). The van der Waals surface area contributed by atoms with Crippen molar-refractivity contribution in [1.82, 2.24) is 14.3 Å². The molecular weight excluding hydrogens is 568 g/mol. The van der Waals surface area contributed by atoms with Crippen molar-refractivity contribution in [3.63, 3.8) is 0 Å². The van der Waals surface area contributed by atoms with Crippen LogP contribution in [-0.4, -0.2) is 37.8 Å². The number of hydrogen-bond donors (Lipinski definition) is 1. The van der Waals surface area contributed by atoms with Crippen LogP contribution in [0.2, 0.25) is 0 Å². The van der Waals surface area contributed by atoms with Crippen LogP contribution in [0.5, 0.6) is 5.75 Å². The van der Waals surface area contributed by atoms with Gasteiger partial charge in [-0.3, -0.25) is 9.36 Å². The molecule has 0 bridgehead atoms. The maximum atomic E-state index is 13.0. The third-order valence-electron chi connectivity index (χ3n) is 7.19. The number of ether oxygens (including phenoxy) is 1. The van der Waals surface area contributed by atoms with Gasteiger partial charge in [0.1, 0.15) is 17.1 Å². The molecule has 0 aliphatic heterocycles. The van der Waals surface area contributed by atoms with Gasteiger partial charge in [0.15, 0.2) is 5.78 Å². The molecule has 0 aliphatic rings. The topological polar surface area (TPSA) is 103 Å². The van der Waals surface area contributed by atoms with Crippen molar-refractivity contribution in [2.24, 2.45) is 5.41 Å². The number of carboxylic acid groups (broad SMARTS) is 1. The van der Waals surface area contributed by atoms with E-state index in [4.69, 9.17) is 0 Å². The molecule has 0 radical (unpaired) electrons. The van der Waals surface area contributed by atoms with Crippen molar-refractivity contribution in [2.45, 2.75) is 73.1 Å². The van der Waals surface area contributed by atoms with E-state index in [0.29, 0.717) is 42.9 Å². The van der Waals surface area contributed by atoms with E-state index in [2.05, 4.69) is 9.84 Å². The number of carbonyl (C=O) groups is 2. The lowest BCUT2D eigenvalue weighted by Gasteiger charge is -2.16. The fourth-order valence-electron chi connectivity index (χ4n) is 5.03. The number of carbonyl (C=O) groups excluding carboxylic acids is 1. The van der Waals surface area contributed by atoms with Crippen LogP contribution in [0.3, 0.4) is 0 Å². The highest BCUT2D eigenvalue weighted by Crippen LogP contribution is 2.28. The van der Waals surface area contributed by atoms with Gasteiger partial charge in [-0.25, -0.2) is 14.3 Å². The summed E-state index contributed by atoms with van der Waals surface area (Å²) in [7, 11) is 0. The van der Waals surface area contributed by atoms with Gasteiger partial charge in [-0.1, -0.05) is 75.4 Å².